The fourth-order valence-corrected chi connectivity index (χ4v) is 3.02. The summed E-state index contributed by atoms with van der Waals surface area (Å²) in [5, 5.41) is 3.15. The van der Waals surface area contributed by atoms with E-state index in [1.807, 2.05) is 32.2 Å². The predicted molar refractivity (Wildman–Crippen MR) is 87.4 cm³/mol. The monoisotopic (exact) mass is 381 g/mol. The SMILES string of the molecule is CNc1nc(C2CCOc3ccccc32)nc(C)c1I. The third kappa shape index (κ3) is 2.34. The highest BCUT2D eigenvalue weighted by molar-refractivity contribution is 14.1. The summed E-state index contributed by atoms with van der Waals surface area (Å²) in [5.74, 6) is 2.94. The molecule has 1 aromatic carbocycles. The first-order chi connectivity index (χ1) is 9.70. The number of nitrogens with zero attached hydrogens (tertiary/aromatic N) is 2. The smallest absolute Gasteiger partial charge is 0.143 e. The molecule has 0 fully saturated rings. The molecule has 0 radical (unpaired) electrons. The van der Waals surface area contributed by atoms with Crippen molar-refractivity contribution in [1.29, 1.82) is 0 Å². The van der Waals surface area contributed by atoms with Crippen LogP contribution in [0.4, 0.5) is 5.82 Å². The van der Waals surface area contributed by atoms with Gasteiger partial charge in [-0.2, -0.15) is 0 Å². The summed E-state index contributed by atoms with van der Waals surface area (Å²) in [4.78, 5) is 9.38. The lowest BCUT2D eigenvalue weighted by atomic mass is 9.92. The van der Waals surface area contributed by atoms with Crippen LogP contribution in [0, 0.1) is 10.5 Å². The van der Waals surface area contributed by atoms with Crippen LogP contribution in [0.1, 0.15) is 29.4 Å². The van der Waals surface area contributed by atoms with Gasteiger partial charge in [0, 0.05) is 12.6 Å². The van der Waals surface area contributed by atoms with Gasteiger partial charge in [-0.3, -0.25) is 0 Å². The fraction of sp³-hybridized carbons (Fsp3) is 0.333. The Morgan fingerprint density at radius 1 is 1.30 bits per heavy atom. The fourth-order valence-electron chi connectivity index (χ4n) is 2.51. The zero-order valence-corrected chi connectivity index (χ0v) is 13.6. The third-order valence-electron chi connectivity index (χ3n) is 3.54. The van der Waals surface area contributed by atoms with Gasteiger partial charge in [0.05, 0.1) is 21.8 Å². The van der Waals surface area contributed by atoms with E-state index >= 15 is 0 Å². The van der Waals surface area contributed by atoms with Crippen LogP contribution < -0.4 is 10.1 Å². The maximum absolute atomic E-state index is 5.71. The molecule has 0 bridgehead atoms. The number of halogens is 1. The van der Waals surface area contributed by atoms with Gasteiger partial charge in [-0.25, -0.2) is 9.97 Å². The number of aryl methyl sites for hydroxylation is 1. The highest BCUT2D eigenvalue weighted by atomic mass is 127. The summed E-state index contributed by atoms with van der Waals surface area (Å²) in [7, 11) is 1.89. The Hall–Kier alpha value is -1.37. The molecule has 0 amide bonds. The van der Waals surface area contributed by atoms with E-state index in [0.29, 0.717) is 6.61 Å². The van der Waals surface area contributed by atoms with Crippen LogP contribution in [0.3, 0.4) is 0 Å². The van der Waals surface area contributed by atoms with Crippen LogP contribution in [-0.2, 0) is 0 Å². The van der Waals surface area contributed by atoms with E-state index in [1.54, 1.807) is 0 Å². The minimum absolute atomic E-state index is 0.211. The molecule has 104 valence electrons. The molecule has 0 saturated carbocycles. The molecular formula is C15H16IN3O. The molecule has 0 aliphatic carbocycles. The van der Waals surface area contributed by atoms with Crippen LogP contribution in [0.2, 0.25) is 0 Å². The molecule has 0 spiro atoms. The topological polar surface area (TPSA) is 47.0 Å². The van der Waals surface area contributed by atoms with Crippen molar-refractivity contribution in [2.45, 2.75) is 19.3 Å². The second-order valence-electron chi connectivity index (χ2n) is 4.81. The summed E-state index contributed by atoms with van der Waals surface area (Å²) in [5.41, 5.74) is 2.20. The Labute approximate surface area is 132 Å². The van der Waals surface area contributed by atoms with E-state index in [0.717, 1.165) is 33.1 Å². The highest BCUT2D eigenvalue weighted by Gasteiger charge is 2.26. The molecular weight excluding hydrogens is 365 g/mol. The van der Waals surface area contributed by atoms with E-state index in [9.17, 15) is 0 Å². The van der Waals surface area contributed by atoms with Crippen molar-refractivity contribution in [3.8, 4) is 5.75 Å². The van der Waals surface area contributed by atoms with Crippen LogP contribution in [-0.4, -0.2) is 23.6 Å². The molecule has 3 rings (SSSR count). The normalized spacial score (nSPS) is 17.2. The number of nitrogens with one attached hydrogen (secondary N) is 1. The number of ether oxygens (including phenoxy) is 1. The number of aromatic nitrogens is 2. The van der Waals surface area contributed by atoms with Gasteiger partial charge in [-0.15, -0.1) is 0 Å². The van der Waals surface area contributed by atoms with Gasteiger partial charge in [0.25, 0.3) is 0 Å². The number of fused-ring (bicyclic) bond motifs is 1. The first kappa shape index (κ1) is 13.6. The lowest BCUT2D eigenvalue weighted by Crippen LogP contribution is -2.18. The molecule has 1 aliphatic heterocycles. The lowest BCUT2D eigenvalue weighted by Gasteiger charge is -2.25. The summed E-state index contributed by atoms with van der Waals surface area (Å²) in [6, 6.07) is 8.16. The van der Waals surface area contributed by atoms with Gasteiger partial charge >= 0.3 is 0 Å². The Morgan fingerprint density at radius 3 is 2.90 bits per heavy atom. The summed E-state index contributed by atoms with van der Waals surface area (Å²) >= 11 is 2.28. The molecule has 4 nitrogen and oxygen atoms in total. The molecule has 20 heavy (non-hydrogen) atoms. The molecule has 1 aromatic heterocycles. The van der Waals surface area contributed by atoms with Gasteiger partial charge in [0.15, 0.2) is 0 Å². The maximum Gasteiger partial charge on any atom is 0.143 e. The van der Waals surface area contributed by atoms with E-state index in [1.165, 1.54) is 5.56 Å². The Kier molecular flexibility index (Phi) is 3.78. The quantitative estimate of drug-likeness (QED) is 0.811. The first-order valence-electron chi connectivity index (χ1n) is 6.64. The molecule has 1 N–H and O–H groups in total. The summed E-state index contributed by atoms with van der Waals surface area (Å²) in [6.07, 6.45) is 0.917. The van der Waals surface area contributed by atoms with Crippen molar-refractivity contribution in [3.63, 3.8) is 0 Å². The van der Waals surface area contributed by atoms with E-state index in [-0.39, 0.29) is 5.92 Å². The number of hydrogen-bond acceptors (Lipinski definition) is 4. The highest BCUT2D eigenvalue weighted by Crippen LogP contribution is 2.37. The second kappa shape index (κ2) is 5.55. The van der Waals surface area contributed by atoms with Crippen molar-refractivity contribution >= 4 is 28.4 Å². The summed E-state index contributed by atoms with van der Waals surface area (Å²) in [6.45, 7) is 2.74. The van der Waals surface area contributed by atoms with Crippen molar-refractivity contribution in [3.05, 3.63) is 44.9 Å². The predicted octanol–water partition coefficient (Wildman–Crippen LogP) is 3.35. The average molecular weight is 381 g/mol. The van der Waals surface area contributed by atoms with E-state index in [2.05, 4.69) is 43.9 Å². The largest absolute Gasteiger partial charge is 0.493 e. The molecule has 2 aromatic rings. The van der Waals surface area contributed by atoms with Crippen LogP contribution >= 0.6 is 22.6 Å². The number of hydrogen-bond donors (Lipinski definition) is 1. The maximum atomic E-state index is 5.71. The van der Waals surface area contributed by atoms with Gasteiger partial charge in [0.2, 0.25) is 0 Å². The summed E-state index contributed by atoms with van der Waals surface area (Å²) < 4.78 is 6.79. The van der Waals surface area contributed by atoms with Crippen LogP contribution in [0.5, 0.6) is 5.75 Å². The third-order valence-corrected chi connectivity index (χ3v) is 4.83. The molecule has 0 saturated heterocycles. The zero-order valence-electron chi connectivity index (χ0n) is 11.5. The Morgan fingerprint density at radius 2 is 2.10 bits per heavy atom. The number of benzene rings is 1. The van der Waals surface area contributed by atoms with Gasteiger partial charge in [0.1, 0.15) is 17.4 Å². The zero-order chi connectivity index (χ0) is 14.1. The minimum Gasteiger partial charge on any atom is -0.493 e. The van der Waals surface area contributed by atoms with Gasteiger partial charge < -0.3 is 10.1 Å². The number of rotatable bonds is 2. The van der Waals surface area contributed by atoms with Gasteiger partial charge in [-0.1, -0.05) is 18.2 Å². The van der Waals surface area contributed by atoms with E-state index < -0.39 is 0 Å². The molecule has 2 heterocycles. The molecule has 1 unspecified atom stereocenters. The Bertz CT molecular complexity index is 645. The molecule has 1 aliphatic rings. The standard InChI is InChI=1S/C15H16IN3O/c1-9-13(16)15(17-2)19-14(18-9)11-7-8-20-12-6-4-3-5-10(11)12/h3-6,11H,7-8H2,1-2H3,(H,17,18,19). The van der Waals surface area contributed by atoms with Crippen molar-refractivity contribution in [1.82, 2.24) is 9.97 Å². The Balaban J connectivity index is 2.09. The van der Waals surface area contributed by atoms with Crippen molar-refractivity contribution < 1.29 is 4.74 Å². The van der Waals surface area contributed by atoms with E-state index in [4.69, 9.17) is 4.74 Å². The van der Waals surface area contributed by atoms with Crippen molar-refractivity contribution in [2.24, 2.45) is 0 Å². The average Bonchev–Trinajstić information content (AvgIpc) is 2.49. The number of para-hydroxylation sites is 1. The van der Waals surface area contributed by atoms with Crippen molar-refractivity contribution in [2.75, 3.05) is 19.0 Å². The minimum atomic E-state index is 0.211. The molecule has 1 atom stereocenters. The number of anilines is 1. The second-order valence-corrected chi connectivity index (χ2v) is 5.89. The molecule has 5 heteroatoms. The van der Waals surface area contributed by atoms with Gasteiger partial charge in [-0.05, 0) is 42.0 Å². The lowest BCUT2D eigenvalue weighted by molar-refractivity contribution is 0.274. The first-order valence-corrected chi connectivity index (χ1v) is 7.72. The van der Waals surface area contributed by atoms with Crippen LogP contribution in [0.15, 0.2) is 24.3 Å². The van der Waals surface area contributed by atoms with Crippen LogP contribution in [0.25, 0.3) is 0 Å².